The highest BCUT2D eigenvalue weighted by Crippen LogP contribution is 2.29. The number of nitrogens with one attached hydrogen (secondary N) is 2. The van der Waals surface area contributed by atoms with Crippen molar-refractivity contribution in [1.82, 2.24) is 20.2 Å². The molecule has 26 heavy (non-hydrogen) atoms. The van der Waals surface area contributed by atoms with Gasteiger partial charge in [-0.15, -0.1) is 0 Å². The maximum absolute atomic E-state index is 12.7. The van der Waals surface area contributed by atoms with Crippen molar-refractivity contribution in [2.75, 3.05) is 13.1 Å². The van der Waals surface area contributed by atoms with Gasteiger partial charge in [-0.2, -0.15) is 0 Å². The Labute approximate surface area is 153 Å². The van der Waals surface area contributed by atoms with Crippen molar-refractivity contribution in [2.24, 2.45) is 5.92 Å². The number of H-pyrrole nitrogens is 1. The lowest BCUT2D eigenvalue weighted by molar-refractivity contribution is -0.123. The molecule has 1 unspecified atom stereocenters. The predicted octanol–water partition coefficient (Wildman–Crippen LogP) is 2.60. The minimum atomic E-state index is 0.0330. The molecule has 136 valence electrons. The first-order valence-corrected chi connectivity index (χ1v) is 9.37. The van der Waals surface area contributed by atoms with E-state index in [2.05, 4.69) is 15.3 Å². The number of hydrogen-bond donors (Lipinski definition) is 2. The molecule has 0 spiro atoms. The molecule has 2 aliphatic rings. The molecule has 1 aliphatic heterocycles. The third-order valence-corrected chi connectivity index (χ3v) is 5.58. The average Bonchev–Trinajstić information content (AvgIpc) is 3.12. The summed E-state index contributed by atoms with van der Waals surface area (Å²) in [5, 5.41) is 3.00. The minimum Gasteiger partial charge on any atom is -0.354 e. The first-order chi connectivity index (χ1) is 12.7. The largest absolute Gasteiger partial charge is 0.354 e. The topological polar surface area (TPSA) is 78.1 Å². The van der Waals surface area contributed by atoms with Gasteiger partial charge in [-0.1, -0.05) is 18.6 Å². The van der Waals surface area contributed by atoms with Gasteiger partial charge < -0.3 is 15.2 Å². The average molecular weight is 352 g/mol. The Bertz CT molecular complexity index is 766. The van der Waals surface area contributed by atoms with Crippen LogP contribution in [0.5, 0.6) is 0 Å². The zero-order chi connectivity index (χ0) is 17.9. The third kappa shape index (κ3) is 3.49. The summed E-state index contributed by atoms with van der Waals surface area (Å²) in [5.41, 5.74) is 2.61. The third-order valence-electron chi connectivity index (χ3n) is 5.58. The van der Waals surface area contributed by atoms with Crippen molar-refractivity contribution in [3.63, 3.8) is 0 Å². The van der Waals surface area contributed by atoms with Gasteiger partial charge in [0.25, 0.3) is 5.91 Å². The summed E-state index contributed by atoms with van der Waals surface area (Å²) in [6.45, 7) is 1.31. The molecule has 2 aromatic rings. The number of hydrogen-bond acceptors (Lipinski definition) is 3. The second-order valence-electron chi connectivity index (χ2n) is 7.29. The highest BCUT2D eigenvalue weighted by atomic mass is 16.2. The smallest absolute Gasteiger partial charge is 0.254 e. The molecular formula is C20H24N4O2. The van der Waals surface area contributed by atoms with Gasteiger partial charge in [0.2, 0.25) is 5.91 Å². The second kappa shape index (κ2) is 7.32. The number of aromatic nitrogens is 2. The number of likely N-dealkylation sites (tertiary alicyclic amines) is 1. The number of nitrogens with zero attached hydrogens (tertiary/aromatic N) is 2. The van der Waals surface area contributed by atoms with E-state index in [1.165, 1.54) is 19.3 Å². The number of carbonyl (C=O) groups is 2. The predicted molar refractivity (Wildman–Crippen MR) is 98.4 cm³/mol. The highest BCUT2D eigenvalue weighted by Gasteiger charge is 2.33. The summed E-state index contributed by atoms with van der Waals surface area (Å²) < 4.78 is 0. The zero-order valence-electron chi connectivity index (χ0n) is 14.8. The van der Waals surface area contributed by atoms with Gasteiger partial charge in [0.1, 0.15) is 0 Å². The van der Waals surface area contributed by atoms with Crippen LogP contribution in [0.25, 0.3) is 11.3 Å². The fraction of sp³-hybridized carbons (Fsp3) is 0.450. The monoisotopic (exact) mass is 352 g/mol. The first-order valence-electron chi connectivity index (χ1n) is 9.37. The summed E-state index contributed by atoms with van der Waals surface area (Å²) in [6, 6.07) is 7.66. The molecular weight excluding hydrogens is 328 g/mol. The number of aromatic amines is 1. The quantitative estimate of drug-likeness (QED) is 0.839. The molecule has 1 aromatic heterocycles. The Hall–Kier alpha value is -2.63. The molecule has 1 atom stereocenters. The lowest BCUT2D eigenvalue weighted by Gasteiger charge is -2.41. The van der Waals surface area contributed by atoms with E-state index in [4.69, 9.17) is 0 Å². The van der Waals surface area contributed by atoms with E-state index in [1.807, 2.05) is 29.2 Å². The SMILES string of the molecule is O=C(CC1CCC1)NCC1CCN1C(=O)c1ccc(-c2cnc[nH]2)cc1. The van der Waals surface area contributed by atoms with Gasteiger partial charge >= 0.3 is 0 Å². The number of benzene rings is 1. The molecule has 2 amide bonds. The minimum absolute atomic E-state index is 0.0330. The van der Waals surface area contributed by atoms with Crippen molar-refractivity contribution in [1.29, 1.82) is 0 Å². The van der Waals surface area contributed by atoms with Crippen LogP contribution in [0.2, 0.25) is 0 Å². The fourth-order valence-corrected chi connectivity index (χ4v) is 3.56. The van der Waals surface area contributed by atoms with Gasteiger partial charge in [0, 0.05) is 25.1 Å². The maximum Gasteiger partial charge on any atom is 0.254 e. The Morgan fingerprint density at radius 2 is 2.00 bits per heavy atom. The van der Waals surface area contributed by atoms with Crippen LogP contribution in [0, 0.1) is 5.92 Å². The summed E-state index contributed by atoms with van der Waals surface area (Å²) in [5.74, 6) is 0.728. The van der Waals surface area contributed by atoms with Crippen LogP contribution in [0.3, 0.4) is 0 Å². The zero-order valence-corrected chi connectivity index (χ0v) is 14.8. The number of carbonyl (C=O) groups excluding carboxylic acids is 2. The molecule has 1 saturated carbocycles. The van der Waals surface area contributed by atoms with E-state index >= 15 is 0 Å². The van der Waals surface area contributed by atoms with E-state index in [1.54, 1.807) is 12.5 Å². The van der Waals surface area contributed by atoms with Crippen LogP contribution in [0.15, 0.2) is 36.8 Å². The molecule has 1 aromatic carbocycles. The fourth-order valence-electron chi connectivity index (χ4n) is 3.56. The second-order valence-corrected chi connectivity index (χ2v) is 7.29. The summed E-state index contributed by atoms with van der Waals surface area (Å²) in [4.78, 5) is 33.6. The standard InChI is InChI=1S/C20H24N4O2/c25-19(10-14-2-1-3-14)22-11-17-8-9-24(17)20(26)16-6-4-15(5-7-16)18-12-21-13-23-18/h4-7,12-14,17H,1-3,8-11H2,(H,21,23)(H,22,25). The number of imidazole rings is 1. The molecule has 1 aliphatic carbocycles. The van der Waals surface area contributed by atoms with E-state index < -0.39 is 0 Å². The molecule has 0 bridgehead atoms. The van der Waals surface area contributed by atoms with Crippen molar-refractivity contribution < 1.29 is 9.59 Å². The Balaban J connectivity index is 1.30. The lowest BCUT2D eigenvalue weighted by Crippen LogP contribution is -2.56. The normalized spacial score (nSPS) is 19.5. The van der Waals surface area contributed by atoms with Gasteiger partial charge in [-0.25, -0.2) is 4.98 Å². The molecule has 2 N–H and O–H groups in total. The van der Waals surface area contributed by atoms with Crippen LogP contribution in [-0.4, -0.2) is 45.8 Å². The summed E-state index contributed by atoms with van der Waals surface area (Å²) >= 11 is 0. The van der Waals surface area contributed by atoms with Gasteiger partial charge in [-0.3, -0.25) is 9.59 Å². The number of rotatable bonds is 6. The van der Waals surface area contributed by atoms with Crippen molar-refractivity contribution >= 4 is 11.8 Å². The Morgan fingerprint density at radius 3 is 2.58 bits per heavy atom. The maximum atomic E-state index is 12.7. The van der Waals surface area contributed by atoms with Gasteiger partial charge in [-0.05, 0) is 42.9 Å². The van der Waals surface area contributed by atoms with Crippen LogP contribution in [0.1, 0.15) is 42.5 Å². The van der Waals surface area contributed by atoms with Crippen LogP contribution < -0.4 is 5.32 Å². The summed E-state index contributed by atoms with van der Waals surface area (Å²) in [7, 11) is 0. The van der Waals surface area contributed by atoms with Gasteiger partial charge in [0.15, 0.2) is 0 Å². The molecule has 4 rings (SSSR count). The van der Waals surface area contributed by atoms with E-state index in [0.29, 0.717) is 24.4 Å². The first kappa shape index (κ1) is 16.8. The molecule has 1 saturated heterocycles. The molecule has 6 heteroatoms. The Kier molecular flexibility index (Phi) is 4.73. The van der Waals surface area contributed by atoms with Crippen molar-refractivity contribution in [3.8, 4) is 11.3 Å². The van der Waals surface area contributed by atoms with E-state index in [0.717, 1.165) is 24.2 Å². The molecule has 2 fully saturated rings. The van der Waals surface area contributed by atoms with Crippen molar-refractivity contribution in [3.05, 3.63) is 42.4 Å². The highest BCUT2D eigenvalue weighted by molar-refractivity contribution is 5.95. The van der Waals surface area contributed by atoms with E-state index in [9.17, 15) is 9.59 Å². The number of amides is 2. The van der Waals surface area contributed by atoms with Gasteiger partial charge in [0.05, 0.1) is 24.3 Å². The Morgan fingerprint density at radius 1 is 1.19 bits per heavy atom. The molecule has 6 nitrogen and oxygen atoms in total. The van der Waals surface area contributed by atoms with E-state index in [-0.39, 0.29) is 17.9 Å². The van der Waals surface area contributed by atoms with Crippen LogP contribution in [-0.2, 0) is 4.79 Å². The summed E-state index contributed by atoms with van der Waals surface area (Å²) in [6.07, 6.45) is 8.58. The molecule has 2 heterocycles. The molecule has 0 radical (unpaired) electrons. The van der Waals surface area contributed by atoms with Crippen LogP contribution >= 0.6 is 0 Å². The van der Waals surface area contributed by atoms with Crippen LogP contribution in [0.4, 0.5) is 0 Å². The lowest BCUT2D eigenvalue weighted by atomic mass is 9.83. The van der Waals surface area contributed by atoms with Crippen molar-refractivity contribution in [2.45, 2.75) is 38.1 Å².